The zero-order chi connectivity index (χ0) is 17.3. The highest BCUT2D eigenvalue weighted by molar-refractivity contribution is 7.15. The van der Waals surface area contributed by atoms with Crippen molar-refractivity contribution in [2.45, 2.75) is 39.5 Å². The van der Waals surface area contributed by atoms with Crippen molar-refractivity contribution in [1.82, 2.24) is 4.98 Å². The molecule has 24 heavy (non-hydrogen) atoms. The van der Waals surface area contributed by atoms with E-state index >= 15 is 0 Å². The Morgan fingerprint density at radius 2 is 2.29 bits per heavy atom. The minimum Gasteiger partial charge on any atom is -0.298 e. The number of fused-ring (bicyclic) bond motifs is 1. The molecule has 1 atom stereocenters. The predicted octanol–water partition coefficient (Wildman–Crippen LogP) is 4.13. The molecule has 0 saturated heterocycles. The third-order valence-corrected chi connectivity index (χ3v) is 5.62. The normalized spacial score (nSPS) is 16.5. The maximum Gasteiger partial charge on any atom is 0.273 e. The molecule has 1 aliphatic rings. The Labute approximate surface area is 144 Å². The van der Waals surface area contributed by atoms with E-state index in [0.717, 1.165) is 31.4 Å². The lowest BCUT2D eigenvalue weighted by atomic mass is 9.89. The number of rotatable bonds is 4. The molecule has 0 bridgehead atoms. The number of aromatic nitrogens is 1. The first kappa shape index (κ1) is 16.6. The molecule has 1 heterocycles. The SMILES string of the molecule is CCC1CCc2nc(NC(=O)c3cccc([N+](=O)[O-])c3C)sc2C1. The highest BCUT2D eigenvalue weighted by Gasteiger charge is 2.23. The van der Waals surface area contributed by atoms with E-state index in [4.69, 9.17) is 0 Å². The number of aryl methyl sites for hydroxylation is 1. The lowest BCUT2D eigenvalue weighted by Crippen LogP contribution is -2.14. The Hall–Kier alpha value is -2.28. The zero-order valence-corrected chi connectivity index (χ0v) is 14.5. The van der Waals surface area contributed by atoms with Crippen LogP contribution in [0, 0.1) is 23.0 Å². The molecule has 126 valence electrons. The van der Waals surface area contributed by atoms with E-state index in [1.54, 1.807) is 13.0 Å². The van der Waals surface area contributed by atoms with Gasteiger partial charge in [-0.1, -0.05) is 19.4 Å². The van der Waals surface area contributed by atoms with Gasteiger partial charge < -0.3 is 0 Å². The van der Waals surface area contributed by atoms with E-state index in [1.807, 2.05) is 0 Å². The first-order valence-electron chi connectivity index (χ1n) is 8.03. The number of hydrogen-bond donors (Lipinski definition) is 1. The van der Waals surface area contributed by atoms with Crippen LogP contribution < -0.4 is 5.32 Å². The summed E-state index contributed by atoms with van der Waals surface area (Å²) >= 11 is 1.52. The number of hydrogen-bond acceptors (Lipinski definition) is 5. The molecule has 1 aromatic carbocycles. The van der Waals surface area contributed by atoms with E-state index in [1.165, 1.54) is 28.3 Å². The standard InChI is InChI=1S/C17H19N3O3S/c1-3-11-7-8-13-15(9-11)24-17(18-13)19-16(21)12-5-4-6-14(10(12)2)20(22)23/h4-6,11H,3,7-9H2,1-2H3,(H,18,19,21). The lowest BCUT2D eigenvalue weighted by Gasteiger charge is -2.18. The lowest BCUT2D eigenvalue weighted by molar-refractivity contribution is -0.385. The van der Waals surface area contributed by atoms with Crippen LogP contribution >= 0.6 is 11.3 Å². The van der Waals surface area contributed by atoms with Gasteiger partial charge in [0.2, 0.25) is 0 Å². The van der Waals surface area contributed by atoms with Gasteiger partial charge in [0.15, 0.2) is 5.13 Å². The first-order chi connectivity index (χ1) is 11.5. The summed E-state index contributed by atoms with van der Waals surface area (Å²) in [6.45, 7) is 3.79. The largest absolute Gasteiger partial charge is 0.298 e. The summed E-state index contributed by atoms with van der Waals surface area (Å²) in [7, 11) is 0. The van der Waals surface area contributed by atoms with E-state index in [9.17, 15) is 14.9 Å². The second kappa shape index (κ2) is 6.68. The zero-order valence-electron chi connectivity index (χ0n) is 13.7. The van der Waals surface area contributed by atoms with Crippen molar-refractivity contribution >= 4 is 28.1 Å². The van der Waals surface area contributed by atoms with E-state index in [2.05, 4.69) is 17.2 Å². The van der Waals surface area contributed by atoms with Gasteiger partial charge in [0.25, 0.3) is 11.6 Å². The highest BCUT2D eigenvalue weighted by Crippen LogP contribution is 2.33. The fourth-order valence-electron chi connectivity index (χ4n) is 3.08. The first-order valence-corrected chi connectivity index (χ1v) is 8.85. The summed E-state index contributed by atoms with van der Waals surface area (Å²) in [5.41, 5.74) is 1.71. The summed E-state index contributed by atoms with van der Waals surface area (Å²) in [5, 5.41) is 14.4. The molecule has 0 spiro atoms. The van der Waals surface area contributed by atoms with Crippen LogP contribution in [0.3, 0.4) is 0 Å². The van der Waals surface area contributed by atoms with Gasteiger partial charge >= 0.3 is 0 Å². The van der Waals surface area contributed by atoms with E-state index < -0.39 is 4.92 Å². The Bertz CT molecular complexity index is 800. The van der Waals surface area contributed by atoms with Crippen molar-refractivity contribution in [1.29, 1.82) is 0 Å². The summed E-state index contributed by atoms with van der Waals surface area (Å²) in [5.74, 6) is 0.342. The summed E-state index contributed by atoms with van der Waals surface area (Å²) in [4.78, 5) is 28.8. The molecule has 1 aromatic heterocycles. The Balaban J connectivity index is 1.80. The van der Waals surface area contributed by atoms with Gasteiger partial charge in [0.05, 0.1) is 10.6 Å². The fraction of sp³-hybridized carbons (Fsp3) is 0.412. The molecule has 0 fully saturated rings. The van der Waals surface area contributed by atoms with Crippen LogP contribution in [-0.4, -0.2) is 15.8 Å². The average Bonchev–Trinajstić information content (AvgIpc) is 2.95. The van der Waals surface area contributed by atoms with Gasteiger partial charge in [-0.2, -0.15) is 0 Å². The van der Waals surface area contributed by atoms with Gasteiger partial charge in [0.1, 0.15) is 0 Å². The summed E-state index contributed by atoms with van der Waals surface area (Å²) in [6, 6.07) is 4.52. The number of nitrogens with zero attached hydrogens (tertiary/aromatic N) is 2. The second-order valence-electron chi connectivity index (χ2n) is 6.07. The molecule has 1 unspecified atom stereocenters. The van der Waals surface area contributed by atoms with Crippen LogP contribution in [0.1, 0.15) is 46.3 Å². The molecular formula is C17H19N3O3S. The van der Waals surface area contributed by atoms with Crippen LogP contribution in [-0.2, 0) is 12.8 Å². The van der Waals surface area contributed by atoms with Crippen molar-refractivity contribution in [2.24, 2.45) is 5.92 Å². The van der Waals surface area contributed by atoms with Crippen LogP contribution in [0.4, 0.5) is 10.8 Å². The monoisotopic (exact) mass is 345 g/mol. The Morgan fingerprint density at radius 3 is 3.00 bits per heavy atom. The smallest absolute Gasteiger partial charge is 0.273 e. The number of benzene rings is 1. The number of carbonyl (C=O) groups is 1. The van der Waals surface area contributed by atoms with Gasteiger partial charge in [0, 0.05) is 22.1 Å². The van der Waals surface area contributed by atoms with Gasteiger partial charge in [-0.05, 0) is 38.2 Å². The maximum atomic E-state index is 12.5. The van der Waals surface area contributed by atoms with E-state index in [0.29, 0.717) is 22.2 Å². The second-order valence-corrected chi connectivity index (χ2v) is 7.15. The molecular weight excluding hydrogens is 326 g/mol. The summed E-state index contributed by atoms with van der Waals surface area (Å²) < 4.78 is 0. The molecule has 3 rings (SSSR count). The molecule has 0 saturated carbocycles. The fourth-order valence-corrected chi connectivity index (χ4v) is 4.19. The van der Waals surface area contributed by atoms with Crippen molar-refractivity contribution in [2.75, 3.05) is 5.32 Å². The third-order valence-electron chi connectivity index (χ3n) is 4.59. The molecule has 6 nitrogen and oxygen atoms in total. The quantitative estimate of drug-likeness (QED) is 0.667. The predicted molar refractivity (Wildman–Crippen MR) is 93.7 cm³/mol. The molecule has 0 aliphatic heterocycles. The van der Waals surface area contributed by atoms with Crippen molar-refractivity contribution in [3.63, 3.8) is 0 Å². The number of nitro benzene ring substituents is 1. The number of thiazole rings is 1. The minimum atomic E-state index is -0.473. The Morgan fingerprint density at radius 1 is 1.50 bits per heavy atom. The van der Waals surface area contributed by atoms with Crippen LogP contribution in [0.2, 0.25) is 0 Å². The van der Waals surface area contributed by atoms with Crippen LogP contribution in [0.5, 0.6) is 0 Å². The molecule has 1 N–H and O–H groups in total. The minimum absolute atomic E-state index is 0.0492. The van der Waals surface area contributed by atoms with Crippen LogP contribution in [0.25, 0.3) is 0 Å². The Kier molecular flexibility index (Phi) is 4.62. The number of nitrogens with one attached hydrogen (secondary N) is 1. The van der Waals surface area contributed by atoms with Crippen molar-refractivity contribution < 1.29 is 9.72 Å². The molecule has 7 heteroatoms. The molecule has 0 radical (unpaired) electrons. The summed E-state index contributed by atoms with van der Waals surface area (Å²) in [6.07, 6.45) is 4.28. The van der Waals surface area contributed by atoms with Gasteiger partial charge in [-0.25, -0.2) is 4.98 Å². The van der Waals surface area contributed by atoms with Crippen LogP contribution in [0.15, 0.2) is 18.2 Å². The number of amides is 1. The molecule has 2 aromatic rings. The van der Waals surface area contributed by atoms with Crippen molar-refractivity contribution in [3.8, 4) is 0 Å². The highest BCUT2D eigenvalue weighted by atomic mass is 32.1. The number of nitro groups is 1. The average molecular weight is 345 g/mol. The maximum absolute atomic E-state index is 12.5. The molecule has 1 aliphatic carbocycles. The number of anilines is 1. The molecule has 1 amide bonds. The van der Waals surface area contributed by atoms with Gasteiger partial charge in [-0.3, -0.25) is 20.2 Å². The third kappa shape index (κ3) is 3.17. The topological polar surface area (TPSA) is 85.1 Å². The van der Waals surface area contributed by atoms with Gasteiger partial charge in [-0.15, -0.1) is 11.3 Å². The van der Waals surface area contributed by atoms with Crippen molar-refractivity contribution in [3.05, 3.63) is 50.0 Å². The van der Waals surface area contributed by atoms with E-state index in [-0.39, 0.29) is 11.6 Å². The number of carbonyl (C=O) groups excluding carboxylic acids is 1.